The van der Waals surface area contributed by atoms with Gasteiger partial charge in [0.1, 0.15) is 17.7 Å². The molecular formula is C37H49N5O4. The van der Waals surface area contributed by atoms with Crippen LogP contribution in [0.3, 0.4) is 0 Å². The van der Waals surface area contributed by atoms with Crippen molar-refractivity contribution in [3.8, 4) is 16.9 Å². The van der Waals surface area contributed by atoms with E-state index in [-0.39, 0.29) is 24.0 Å². The number of rotatable bonds is 9. The van der Waals surface area contributed by atoms with E-state index in [1.165, 1.54) is 11.1 Å². The first kappa shape index (κ1) is 32.1. The number of carbonyl (C=O) groups excluding carboxylic acids is 2. The largest absolute Gasteiger partial charge is 0.496 e. The zero-order valence-electron chi connectivity index (χ0n) is 27.9. The van der Waals surface area contributed by atoms with Gasteiger partial charge in [0.05, 0.1) is 13.3 Å². The van der Waals surface area contributed by atoms with E-state index in [4.69, 9.17) is 14.5 Å². The van der Waals surface area contributed by atoms with Crippen LogP contribution < -0.4 is 9.64 Å². The summed E-state index contributed by atoms with van der Waals surface area (Å²) in [7, 11) is 1.72. The molecule has 6 rings (SSSR count). The number of carbonyl (C=O) groups is 2. The number of methoxy groups -OCH3 is 1. The fourth-order valence-corrected chi connectivity index (χ4v) is 7.53. The van der Waals surface area contributed by atoms with E-state index in [2.05, 4.69) is 44.1 Å². The summed E-state index contributed by atoms with van der Waals surface area (Å²) < 4.78 is 13.2. The first-order valence-corrected chi connectivity index (χ1v) is 17.2. The number of pyridine rings is 1. The number of anilines is 1. The normalized spacial score (nSPS) is 23.4. The number of aryl methyl sites for hydroxylation is 2. The summed E-state index contributed by atoms with van der Waals surface area (Å²) >= 11 is 0. The predicted molar refractivity (Wildman–Crippen MR) is 179 cm³/mol. The molecule has 1 aromatic carbocycles. The molecule has 1 aliphatic heterocycles. The molecule has 0 N–H and O–H groups in total. The number of hydrogen-bond donors (Lipinski definition) is 0. The quantitative estimate of drug-likeness (QED) is 0.249. The van der Waals surface area contributed by atoms with Crippen LogP contribution in [0.1, 0.15) is 82.3 Å². The number of amides is 2. The fraction of sp³-hybridized carbons (Fsp3) is 0.568. The Morgan fingerprint density at radius 2 is 1.74 bits per heavy atom. The molecule has 0 atom stereocenters. The van der Waals surface area contributed by atoms with E-state index < -0.39 is 0 Å². The summed E-state index contributed by atoms with van der Waals surface area (Å²) in [6, 6.07) is 10.6. The van der Waals surface area contributed by atoms with Gasteiger partial charge in [0, 0.05) is 50.1 Å². The second-order valence-corrected chi connectivity index (χ2v) is 13.8. The lowest BCUT2D eigenvalue weighted by atomic mass is 9.78. The third-order valence-electron chi connectivity index (χ3n) is 10.4. The summed E-state index contributed by atoms with van der Waals surface area (Å²) in [5, 5.41) is 4.46. The molecule has 3 aliphatic rings. The summed E-state index contributed by atoms with van der Waals surface area (Å²) in [5.74, 6) is 3.15. The summed E-state index contributed by atoms with van der Waals surface area (Å²) in [4.78, 5) is 35.3. The maximum Gasteiger partial charge on any atom is 0.410 e. The maximum atomic E-state index is 14.3. The number of benzene rings is 1. The van der Waals surface area contributed by atoms with Crippen LogP contribution >= 0.6 is 0 Å². The molecular weight excluding hydrogens is 578 g/mol. The van der Waals surface area contributed by atoms with E-state index in [9.17, 15) is 9.59 Å². The third-order valence-corrected chi connectivity index (χ3v) is 10.4. The zero-order valence-corrected chi connectivity index (χ0v) is 27.9. The highest BCUT2D eigenvalue weighted by atomic mass is 16.6. The second-order valence-electron chi connectivity index (χ2n) is 13.8. The van der Waals surface area contributed by atoms with Crippen molar-refractivity contribution in [3.05, 3.63) is 60.0 Å². The molecule has 3 heterocycles. The van der Waals surface area contributed by atoms with Crippen molar-refractivity contribution in [1.29, 1.82) is 0 Å². The van der Waals surface area contributed by atoms with Gasteiger partial charge in [-0.1, -0.05) is 19.1 Å². The molecule has 2 aromatic heterocycles. The van der Waals surface area contributed by atoms with Crippen LogP contribution in [0.2, 0.25) is 0 Å². The maximum absolute atomic E-state index is 14.3. The van der Waals surface area contributed by atoms with E-state index in [1.807, 2.05) is 40.3 Å². The monoisotopic (exact) mass is 627 g/mol. The highest BCUT2D eigenvalue weighted by molar-refractivity contribution is 5.94. The molecule has 3 fully saturated rings. The Morgan fingerprint density at radius 1 is 0.978 bits per heavy atom. The van der Waals surface area contributed by atoms with Crippen LogP contribution in [0.15, 0.2) is 48.9 Å². The summed E-state index contributed by atoms with van der Waals surface area (Å²) in [6.45, 7) is 9.33. The highest BCUT2D eigenvalue weighted by Crippen LogP contribution is 2.39. The smallest absolute Gasteiger partial charge is 0.410 e. The minimum atomic E-state index is -0.206. The zero-order chi connectivity index (χ0) is 32.2. The van der Waals surface area contributed by atoms with Crippen LogP contribution in [0.25, 0.3) is 11.1 Å². The molecule has 2 aliphatic carbocycles. The van der Waals surface area contributed by atoms with Crippen LogP contribution in [0.4, 0.5) is 10.6 Å². The lowest BCUT2D eigenvalue weighted by Gasteiger charge is -2.38. The van der Waals surface area contributed by atoms with Crippen molar-refractivity contribution in [2.75, 3.05) is 31.6 Å². The van der Waals surface area contributed by atoms with E-state index in [0.717, 1.165) is 87.9 Å². The molecule has 9 nitrogen and oxygen atoms in total. The Hall–Kier alpha value is -3.88. The lowest BCUT2D eigenvalue weighted by molar-refractivity contribution is -0.124. The lowest BCUT2D eigenvalue weighted by Crippen LogP contribution is -2.50. The van der Waals surface area contributed by atoms with Crippen molar-refractivity contribution < 1.29 is 19.1 Å². The number of ether oxygens (including phenoxy) is 2. The van der Waals surface area contributed by atoms with Gasteiger partial charge in [0.15, 0.2) is 0 Å². The van der Waals surface area contributed by atoms with Crippen molar-refractivity contribution in [3.63, 3.8) is 0 Å². The first-order chi connectivity index (χ1) is 22.3. The SMILES string of the molecule is CCn1cc(-c2ccnc(N(CC3CCC(c4ccc(OC)c(C)c4)CC3)C(=O)C3CCC(OC(=O)N4CC(C)C4)CC3)c2)cn1. The molecule has 1 saturated heterocycles. The Morgan fingerprint density at radius 3 is 2.39 bits per heavy atom. The van der Waals surface area contributed by atoms with Gasteiger partial charge in [-0.2, -0.15) is 5.10 Å². The average Bonchev–Trinajstić information content (AvgIpc) is 3.56. The number of nitrogens with zero attached hydrogens (tertiary/aromatic N) is 5. The molecule has 0 radical (unpaired) electrons. The van der Waals surface area contributed by atoms with Crippen LogP contribution in [0, 0.1) is 24.7 Å². The van der Waals surface area contributed by atoms with Gasteiger partial charge in [-0.05, 0) is 118 Å². The molecule has 2 saturated carbocycles. The minimum Gasteiger partial charge on any atom is -0.496 e. The van der Waals surface area contributed by atoms with Gasteiger partial charge < -0.3 is 14.4 Å². The Bertz CT molecular complexity index is 1500. The number of aromatic nitrogens is 3. The molecule has 2 amide bonds. The van der Waals surface area contributed by atoms with Crippen molar-refractivity contribution in [2.45, 2.75) is 90.7 Å². The van der Waals surface area contributed by atoms with Crippen LogP contribution in [-0.2, 0) is 16.1 Å². The second kappa shape index (κ2) is 14.3. The topological polar surface area (TPSA) is 89.8 Å². The van der Waals surface area contributed by atoms with Crippen LogP contribution in [-0.4, -0.2) is 64.5 Å². The van der Waals surface area contributed by atoms with Crippen LogP contribution in [0.5, 0.6) is 5.75 Å². The standard InChI is InChI=1S/C37H49N5O4/c1-5-41-24-32(20-39-41)31-16-17-38-35(19-31)42(23-27-6-8-28(9-7-27)30-12-15-34(45-4)26(3)18-30)36(43)29-10-13-33(14-11-29)46-37(44)40-21-25(2)22-40/h12,15-20,24-25,27-29,33H,5-11,13-14,21-23H2,1-4H3. The number of likely N-dealkylation sites (tertiary alicyclic amines) is 1. The predicted octanol–water partition coefficient (Wildman–Crippen LogP) is 7.24. The van der Waals surface area contributed by atoms with Crippen molar-refractivity contribution >= 4 is 17.8 Å². The van der Waals surface area contributed by atoms with Crippen molar-refractivity contribution in [2.24, 2.45) is 17.8 Å². The van der Waals surface area contributed by atoms with E-state index in [1.54, 1.807) is 12.0 Å². The molecule has 0 unspecified atom stereocenters. The third kappa shape index (κ3) is 7.24. The van der Waals surface area contributed by atoms with E-state index >= 15 is 0 Å². The molecule has 0 spiro atoms. The Kier molecular flexibility index (Phi) is 9.95. The molecule has 3 aromatic rings. The van der Waals surface area contributed by atoms with Gasteiger partial charge >= 0.3 is 6.09 Å². The summed E-state index contributed by atoms with van der Waals surface area (Å²) in [6.07, 6.45) is 12.6. The van der Waals surface area contributed by atoms with Gasteiger partial charge in [0.25, 0.3) is 0 Å². The minimum absolute atomic E-state index is 0.106. The molecule has 9 heteroatoms. The highest BCUT2D eigenvalue weighted by Gasteiger charge is 2.36. The Balaban J connectivity index is 1.14. The van der Waals surface area contributed by atoms with Gasteiger partial charge in [-0.3, -0.25) is 14.4 Å². The molecule has 46 heavy (non-hydrogen) atoms. The molecule has 246 valence electrons. The van der Waals surface area contributed by atoms with Gasteiger partial charge in [-0.25, -0.2) is 9.78 Å². The average molecular weight is 628 g/mol. The van der Waals surface area contributed by atoms with Crippen molar-refractivity contribution in [1.82, 2.24) is 19.7 Å². The first-order valence-electron chi connectivity index (χ1n) is 17.2. The van der Waals surface area contributed by atoms with Gasteiger partial charge in [-0.15, -0.1) is 0 Å². The Labute approximate surface area is 273 Å². The fourth-order valence-electron chi connectivity index (χ4n) is 7.53. The number of hydrogen-bond acceptors (Lipinski definition) is 6. The molecule has 0 bridgehead atoms. The van der Waals surface area contributed by atoms with Gasteiger partial charge in [0.2, 0.25) is 5.91 Å². The van der Waals surface area contributed by atoms with E-state index in [0.29, 0.717) is 30.1 Å². The summed E-state index contributed by atoms with van der Waals surface area (Å²) in [5.41, 5.74) is 4.59.